The molecule has 0 atom stereocenters. The molecule has 4 rings (SSSR count). The Bertz CT molecular complexity index is 1200. The van der Waals surface area contributed by atoms with Gasteiger partial charge in [-0.3, -0.25) is 4.79 Å². The smallest absolute Gasteiger partial charge is 0.262 e. The average Bonchev–Trinajstić information content (AvgIpc) is 3.12. The summed E-state index contributed by atoms with van der Waals surface area (Å²) in [5.74, 6) is 0.745. The topological polar surface area (TPSA) is 64.4 Å². The van der Waals surface area contributed by atoms with Crippen LogP contribution in [0.5, 0.6) is 5.75 Å². The summed E-state index contributed by atoms with van der Waals surface area (Å²) in [5.41, 5.74) is 3.35. The molecule has 3 aromatic carbocycles. The van der Waals surface area contributed by atoms with E-state index in [1.54, 1.807) is 36.4 Å². The molecule has 0 saturated carbocycles. The van der Waals surface area contributed by atoms with Crippen LogP contribution in [0, 0.1) is 6.92 Å². The Kier molecular flexibility index (Phi) is 5.43. The molecule has 0 spiro atoms. The van der Waals surface area contributed by atoms with E-state index in [1.165, 1.54) is 0 Å². The first-order valence-electron chi connectivity index (χ1n) is 8.84. The molecule has 1 heterocycles. The van der Waals surface area contributed by atoms with Crippen LogP contribution in [0.2, 0.25) is 10.0 Å². The molecule has 0 fully saturated rings. The Morgan fingerprint density at radius 3 is 2.76 bits per heavy atom. The molecule has 0 unspecified atom stereocenters. The SMILES string of the molecule is Cc1ccccc1OCC(=O)Nc1cc(-c2nc3cc(Cl)ccc3o2)ccc1Cl. The highest BCUT2D eigenvalue weighted by molar-refractivity contribution is 6.33. The lowest BCUT2D eigenvalue weighted by Crippen LogP contribution is -2.20. The predicted molar refractivity (Wildman–Crippen MR) is 115 cm³/mol. The number of fused-ring (bicyclic) bond motifs is 1. The fourth-order valence-electron chi connectivity index (χ4n) is 2.83. The number of carbonyl (C=O) groups excluding carboxylic acids is 1. The van der Waals surface area contributed by atoms with Crippen LogP contribution in [-0.4, -0.2) is 17.5 Å². The van der Waals surface area contributed by atoms with Gasteiger partial charge in [-0.1, -0.05) is 41.4 Å². The monoisotopic (exact) mass is 426 g/mol. The number of para-hydroxylation sites is 1. The zero-order valence-electron chi connectivity index (χ0n) is 15.4. The highest BCUT2D eigenvalue weighted by atomic mass is 35.5. The Labute approximate surface area is 177 Å². The van der Waals surface area contributed by atoms with Gasteiger partial charge in [0.1, 0.15) is 11.3 Å². The third-order valence-electron chi connectivity index (χ3n) is 4.29. The number of aryl methyl sites for hydroxylation is 1. The van der Waals surface area contributed by atoms with E-state index in [0.717, 1.165) is 5.56 Å². The van der Waals surface area contributed by atoms with Crippen molar-refractivity contribution in [1.82, 2.24) is 4.98 Å². The van der Waals surface area contributed by atoms with Gasteiger partial charge in [0, 0.05) is 10.6 Å². The van der Waals surface area contributed by atoms with Crippen LogP contribution in [0.3, 0.4) is 0 Å². The largest absolute Gasteiger partial charge is 0.483 e. The van der Waals surface area contributed by atoms with E-state index in [9.17, 15) is 4.79 Å². The van der Waals surface area contributed by atoms with Gasteiger partial charge in [-0.05, 0) is 55.0 Å². The Balaban J connectivity index is 1.51. The number of hydrogen-bond acceptors (Lipinski definition) is 4. The van der Waals surface area contributed by atoms with Crippen LogP contribution in [0.4, 0.5) is 5.69 Å². The van der Waals surface area contributed by atoms with Crippen molar-refractivity contribution in [3.05, 3.63) is 76.3 Å². The number of anilines is 1. The number of aromatic nitrogens is 1. The number of ether oxygens (including phenoxy) is 1. The fourth-order valence-corrected chi connectivity index (χ4v) is 3.16. The third kappa shape index (κ3) is 4.36. The maximum atomic E-state index is 12.3. The number of halogens is 2. The zero-order valence-corrected chi connectivity index (χ0v) is 16.9. The van der Waals surface area contributed by atoms with Crippen LogP contribution in [0.1, 0.15) is 5.56 Å². The second-order valence-electron chi connectivity index (χ2n) is 6.43. The highest BCUT2D eigenvalue weighted by Crippen LogP contribution is 2.31. The molecule has 0 aliphatic heterocycles. The first-order valence-corrected chi connectivity index (χ1v) is 9.59. The van der Waals surface area contributed by atoms with Crippen molar-refractivity contribution in [3.63, 3.8) is 0 Å². The lowest BCUT2D eigenvalue weighted by Gasteiger charge is -2.11. The number of benzene rings is 3. The maximum absolute atomic E-state index is 12.3. The normalized spacial score (nSPS) is 10.9. The average molecular weight is 427 g/mol. The molecule has 0 bridgehead atoms. The van der Waals surface area contributed by atoms with Crippen molar-refractivity contribution in [2.75, 3.05) is 11.9 Å². The quantitative estimate of drug-likeness (QED) is 0.416. The molecule has 4 aromatic rings. The predicted octanol–water partition coefficient (Wildman–Crippen LogP) is 6.13. The Morgan fingerprint density at radius 2 is 1.93 bits per heavy atom. The van der Waals surface area contributed by atoms with Gasteiger partial charge in [0.05, 0.1) is 10.7 Å². The standard InChI is InChI=1S/C22H16Cl2N2O3/c1-13-4-2-3-5-19(13)28-12-21(27)25-17-10-14(6-8-16(17)24)22-26-18-11-15(23)7-9-20(18)29-22/h2-11H,12H2,1H3,(H,25,27). The van der Waals surface area contributed by atoms with Gasteiger partial charge in [-0.2, -0.15) is 0 Å². The van der Waals surface area contributed by atoms with Gasteiger partial charge in [0.2, 0.25) is 5.89 Å². The fraction of sp³-hybridized carbons (Fsp3) is 0.0909. The van der Waals surface area contributed by atoms with Gasteiger partial charge in [-0.25, -0.2) is 4.98 Å². The van der Waals surface area contributed by atoms with Crippen LogP contribution in [-0.2, 0) is 4.79 Å². The molecule has 146 valence electrons. The van der Waals surface area contributed by atoms with E-state index in [4.69, 9.17) is 32.4 Å². The molecule has 7 heteroatoms. The maximum Gasteiger partial charge on any atom is 0.262 e. The van der Waals surface area contributed by atoms with Crippen molar-refractivity contribution >= 4 is 45.9 Å². The summed E-state index contributed by atoms with van der Waals surface area (Å²) >= 11 is 12.2. The lowest BCUT2D eigenvalue weighted by molar-refractivity contribution is -0.118. The molecule has 0 aliphatic rings. The minimum Gasteiger partial charge on any atom is -0.483 e. The number of carbonyl (C=O) groups is 1. The minimum absolute atomic E-state index is 0.132. The summed E-state index contributed by atoms with van der Waals surface area (Å²) in [6, 6.07) is 17.9. The molecule has 0 aliphatic carbocycles. The van der Waals surface area contributed by atoms with E-state index in [2.05, 4.69) is 10.3 Å². The van der Waals surface area contributed by atoms with Gasteiger partial charge >= 0.3 is 0 Å². The third-order valence-corrected chi connectivity index (χ3v) is 4.85. The van der Waals surface area contributed by atoms with Crippen LogP contribution >= 0.6 is 23.2 Å². The van der Waals surface area contributed by atoms with Crippen LogP contribution in [0.25, 0.3) is 22.6 Å². The van der Waals surface area contributed by atoms with E-state index >= 15 is 0 Å². The van der Waals surface area contributed by atoms with Crippen molar-refractivity contribution in [1.29, 1.82) is 0 Å². The summed E-state index contributed by atoms with van der Waals surface area (Å²) < 4.78 is 11.4. The molecule has 0 radical (unpaired) electrons. The summed E-state index contributed by atoms with van der Waals surface area (Å²) in [5, 5.41) is 3.75. The van der Waals surface area contributed by atoms with Crippen LogP contribution < -0.4 is 10.1 Å². The number of rotatable bonds is 5. The second-order valence-corrected chi connectivity index (χ2v) is 7.27. The molecule has 1 aromatic heterocycles. The molecule has 5 nitrogen and oxygen atoms in total. The van der Waals surface area contributed by atoms with Crippen molar-refractivity contribution in [3.8, 4) is 17.2 Å². The number of nitrogens with one attached hydrogen (secondary N) is 1. The molecule has 1 amide bonds. The first-order chi connectivity index (χ1) is 14.0. The van der Waals surface area contributed by atoms with E-state index in [0.29, 0.717) is 44.0 Å². The second kappa shape index (κ2) is 8.15. The summed E-state index contributed by atoms with van der Waals surface area (Å²) in [6.07, 6.45) is 0. The van der Waals surface area contributed by atoms with Crippen molar-refractivity contribution in [2.45, 2.75) is 6.92 Å². The molecular weight excluding hydrogens is 411 g/mol. The Hall–Kier alpha value is -3.02. The van der Waals surface area contributed by atoms with E-state index in [-0.39, 0.29) is 12.5 Å². The number of nitrogens with zero attached hydrogens (tertiary/aromatic N) is 1. The summed E-state index contributed by atoms with van der Waals surface area (Å²) in [4.78, 5) is 16.8. The van der Waals surface area contributed by atoms with Gasteiger partial charge < -0.3 is 14.5 Å². The highest BCUT2D eigenvalue weighted by Gasteiger charge is 2.13. The molecule has 1 N–H and O–H groups in total. The van der Waals surface area contributed by atoms with Crippen molar-refractivity contribution < 1.29 is 13.9 Å². The van der Waals surface area contributed by atoms with Gasteiger partial charge in [0.25, 0.3) is 5.91 Å². The number of hydrogen-bond donors (Lipinski definition) is 1. The first kappa shape index (κ1) is 19.3. The summed E-state index contributed by atoms with van der Waals surface area (Å²) in [6.45, 7) is 1.79. The summed E-state index contributed by atoms with van der Waals surface area (Å²) in [7, 11) is 0. The van der Waals surface area contributed by atoms with Crippen LogP contribution in [0.15, 0.2) is 65.1 Å². The molecule has 0 saturated heterocycles. The molecular formula is C22H16Cl2N2O3. The van der Waals surface area contributed by atoms with E-state index in [1.807, 2.05) is 31.2 Å². The zero-order chi connectivity index (χ0) is 20.4. The van der Waals surface area contributed by atoms with Crippen molar-refractivity contribution in [2.24, 2.45) is 0 Å². The van der Waals surface area contributed by atoms with E-state index < -0.39 is 0 Å². The van der Waals surface area contributed by atoms with Gasteiger partial charge in [-0.15, -0.1) is 0 Å². The number of amides is 1. The lowest BCUT2D eigenvalue weighted by atomic mass is 10.2. The minimum atomic E-state index is -0.323. The Morgan fingerprint density at radius 1 is 1.10 bits per heavy atom. The van der Waals surface area contributed by atoms with Gasteiger partial charge in [0.15, 0.2) is 12.2 Å². The molecule has 29 heavy (non-hydrogen) atoms. The number of oxazole rings is 1.